The zero-order valence-corrected chi connectivity index (χ0v) is 11.6. The first-order chi connectivity index (χ1) is 7.94. The molecule has 1 rings (SSSR count). The van der Waals surface area contributed by atoms with E-state index < -0.39 is 0 Å². The Balaban J connectivity index is 3.07. The van der Waals surface area contributed by atoms with E-state index >= 15 is 0 Å². The summed E-state index contributed by atoms with van der Waals surface area (Å²) < 4.78 is 7.47. The molecule has 0 saturated carbocycles. The molecule has 0 aliphatic carbocycles. The van der Waals surface area contributed by atoms with E-state index in [0.29, 0.717) is 25.0 Å². The molecule has 1 unspecified atom stereocenters. The largest absolute Gasteiger partial charge is 0.382 e. The van der Waals surface area contributed by atoms with E-state index in [2.05, 4.69) is 37.2 Å². The standard InChI is InChI=1S/C13H25N3O/c1-10(2)11(6-14)12-7-15-9-16(12)13(3,4)8-17-5/h7,9-11H,6,8,14H2,1-5H3. The van der Waals surface area contributed by atoms with Crippen LogP contribution in [0, 0.1) is 5.92 Å². The highest BCUT2D eigenvalue weighted by molar-refractivity contribution is 5.11. The third-order valence-corrected chi connectivity index (χ3v) is 3.26. The first-order valence-electron chi connectivity index (χ1n) is 6.15. The van der Waals surface area contributed by atoms with Crippen LogP contribution in [-0.4, -0.2) is 29.8 Å². The lowest BCUT2D eigenvalue weighted by Crippen LogP contribution is -2.34. The molecular weight excluding hydrogens is 214 g/mol. The number of aromatic nitrogens is 2. The smallest absolute Gasteiger partial charge is 0.0954 e. The molecule has 0 aromatic carbocycles. The normalized spacial score (nSPS) is 14.3. The van der Waals surface area contributed by atoms with Crippen molar-refractivity contribution in [1.82, 2.24) is 9.55 Å². The Morgan fingerprint density at radius 3 is 2.59 bits per heavy atom. The van der Waals surface area contributed by atoms with E-state index in [1.54, 1.807) is 7.11 Å². The number of nitrogens with zero attached hydrogens (tertiary/aromatic N) is 2. The molecule has 0 saturated heterocycles. The van der Waals surface area contributed by atoms with E-state index in [9.17, 15) is 0 Å². The molecule has 0 spiro atoms. The molecule has 1 atom stereocenters. The average molecular weight is 239 g/mol. The molecule has 0 amide bonds. The third kappa shape index (κ3) is 3.07. The van der Waals surface area contributed by atoms with Gasteiger partial charge in [-0.15, -0.1) is 0 Å². The molecule has 1 heterocycles. The lowest BCUT2D eigenvalue weighted by atomic mass is 9.91. The molecule has 4 heteroatoms. The number of ether oxygens (including phenoxy) is 1. The van der Waals surface area contributed by atoms with Gasteiger partial charge >= 0.3 is 0 Å². The van der Waals surface area contributed by atoms with Crippen LogP contribution in [-0.2, 0) is 10.3 Å². The molecular formula is C13H25N3O. The number of nitrogens with two attached hydrogens (primary N) is 1. The monoisotopic (exact) mass is 239 g/mol. The maximum absolute atomic E-state index is 5.88. The molecule has 1 aromatic heterocycles. The molecule has 98 valence electrons. The summed E-state index contributed by atoms with van der Waals surface area (Å²) in [4.78, 5) is 4.27. The second kappa shape index (κ2) is 5.65. The summed E-state index contributed by atoms with van der Waals surface area (Å²) in [5, 5.41) is 0. The van der Waals surface area contributed by atoms with Gasteiger partial charge in [-0.3, -0.25) is 0 Å². The van der Waals surface area contributed by atoms with Crippen molar-refractivity contribution in [3.05, 3.63) is 18.2 Å². The van der Waals surface area contributed by atoms with E-state index in [0.717, 1.165) is 0 Å². The van der Waals surface area contributed by atoms with Crippen molar-refractivity contribution in [3.8, 4) is 0 Å². The van der Waals surface area contributed by atoms with Crippen molar-refractivity contribution in [3.63, 3.8) is 0 Å². The third-order valence-electron chi connectivity index (χ3n) is 3.26. The number of imidazole rings is 1. The molecule has 4 nitrogen and oxygen atoms in total. The number of hydrogen-bond donors (Lipinski definition) is 1. The van der Waals surface area contributed by atoms with Crippen molar-refractivity contribution in [1.29, 1.82) is 0 Å². The molecule has 0 aliphatic heterocycles. The Kier molecular flexibility index (Phi) is 4.71. The minimum atomic E-state index is -0.0944. The topological polar surface area (TPSA) is 53.1 Å². The molecule has 0 fully saturated rings. The van der Waals surface area contributed by atoms with Crippen LogP contribution in [0.4, 0.5) is 0 Å². The van der Waals surface area contributed by atoms with Crippen LogP contribution in [0.25, 0.3) is 0 Å². The van der Waals surface area contributed by atoms with Gasteiger partial charge in [-0.2, -0.15) is 0 Å². The van der Waals surface area contributed by atoms with Gasteiger partial charge in [0, 0.05) is 31.5 Å². The van der Waals surface area contributed by atoms with Crippen LogP contribution in [0.1, 0.15) is 39.3 Å². The van der Waals surface area contributed by atoms with Crippen molar-refractivity contribution in [2.45, 2.75) is 39.2 Å². The van der Waals surface area contributed by atoms with Crippen LogP contribution in [0.5, 0.6) is 0 Å². The van der Waals surface area contributed by atoms with Gasteiger partial charge in [0.05, 0.1) is 18.5 Å². The summed E-state index contributed by atoms with van der Waals surface area (Å²) in [6, 6.07) is 0. The first kappa shape index (κ1) is 14.2. The van der Waals surface area contributed by atoms with Crippen LogP contribution in [0.2, 0.25) is 0 Å². The van der Waals surface area contributed by atoms with Crippen LogP contribution >= 0.6 is 0 Å². The predicted molar refractivity (Wildman–Crippen MR) is 70.1 cm³/mol. The van der Waals surface area contributed by atoms with Gasteiger partial charge in [-0.1, -0.05) is 13.8 Å². The van der Waals surface area contributed by atoms with Gasteiger partial charge < -0.3 is 15.0 Å². The Morgan fingerprint density at radius 2 is 2.12 bits per heavy atom. The van der Waals surface area contributed by atoms with Gasteiger partial charge in [0.25, 0.3) is 0 Å². The van der Waals surface area contributed by atoms with Crippen molar-refractivity contribution < 1.29 is 4.74 Å². The maximum atomic E-state index is 5.88. The van der Waals surface area contributed by atoms with E-state index in [1.165, 1.54) is 5.69 Å². The second-order valence-corrected chi connectivity index (χ2v) is 5.52. The Bertz CT molecular complexity index is 344. The maximum Gasteiger partial charge on any atom is 0.0954 e. The summed E-state index contributed by atoms with van der Waals surface area (Å²) in [5.74, 6) is 0.849. The predicted octanol–water partition coefficient (Wildman–Crippen LogP) is 1.96. The Labute approximate surface area is 104 Å². The number of rotatable bonds is 6. The zero-order valence-electron chi connectivity index (χ0n) is 11.6. The molecule has 0 aliphatic rings. The SMILES string of the molecule is COCC(C)(C)n1cncc1C(CN)C(C)C. The van der Waals surface area contributed by atoms with Crippen molar-refractivity contribution in [2.24, 2.45) is 11.7 Å². The highest BCUT2D eigenvalue weighted by atomic mass is 16.5. The molecule has 2 N–H and O–H groups in total. The van der Waals surface area contributed by atoms with Crippen LogP contribution in [0.3, 0.4) is 0 Å². The molecule has 1 aromatic rings. The fourth-order valence-corrected chi connectivity index (χ4v) is 2.24. The van der Waals surface area contributed by atoms with Gasteiger partial charge in [-0.05, 0) is 19.8 Å². The van der Waals surface area contributed by atoms with Crippen LogP contribution in [0.15, 0.2) is 12.5 Å². The molecule has 17 heavy (non-hydrogen) atoms. The first-order valence-corrected chi connectivity index (χ1v) is 6.15. The number of hydrogen-bond acceptors (Lipinski definition) is 3. The van der Waals surface area contributed by atoms with Crippen LogP contribution < -0.4 is 5.73 Å². The summed E-state index contributed by atoms with van der Waals surface area (Å²) in [6.45, 7) is 9.99. The fourth-order valence-electron chi connectivity index (χ4n) is 2.24. The minimum absolute atomic E-state index is 0.0944. The van der Waals surface area contributed by atoms with Gasteiger partial charge in [-0.25, -0.2) is 4.98 Å². The van der Waals surface area contributed by atoms with Crippen molar-refractivity contribution in [2.75, 3.05) is 20.3 Å². The zero-order chi connectivity index (χ0) is 13.1. The van der Waals surface area contributed by atoms with E-state index in [-0.39, 0.29) is 5.54 Å². The number of methoxy groups -OCH3 is 1. The van der Waals surface area contributed by atoms with E-state index in [4.69, 9.17) is 10.5 Å². The quantitative estimate of drug-likeness (QED) is 0.825. The summed E-state index contributed by atoms with van der Waals surface area (Å²) in [5.41, 5.74) is 6.98. The van der Waals surface area contributed by atoms with Crippen molar-refractivity contribution >= 4 is 0 Å². The van der Waals surface area contributed by atoms with Gasteiger partial charge in [0.1, 0.15) is 0 Å². The lowest BCUT2D eigenvalue weighted by Gasteiger charge is -2.31. The molecule has 0 bridgehead atoms. The van der Waals surface area contributed by atoms with Gasteiger partial charge in [0.15, 0.2) is 0 Å². The average Bonchev–Trinajstić information content (AvgIpc) is 2.67. The minimum Gasteiger partial charge on any atom is -0.382 e. The summed E-state index contributed by atoms with van der Waals surface area (Å²) in [7, 11) is 1.72. The fraction of sp³-hybridized carbons (Fsp3) is 0.769. The summed E-state index contributed by atoms with van der Waals surface area (Å²) in [6.07, 6.45) is 3.80. The Hall–Kier alpha value is -0.870. The lowest BCUT2D eigenvalue weighted by molar-refractivity contribution is 0.106. The van der Waals surface area contributed by atoms with Gasteiger partial charge in [0.2, 0.25) is 0 Å². The Morgan fingerprint density at radius 1 is 1.47 bits per heavy atom. The molecule has 0 radical (unpaired) electrons. The van der Waals surface area contributed by atoms with E-state index in [1.807, 2.05) is 12.5 Å². The highest BCUT2D eigenvalue weighted by Gasteiger charge is 2.26. The highest BCUT2D eigenvalue weighted by Crippen LogP contribution is 2.27. The summed E-state index contributed by atoms with van der Waals surface area (Å²) >= 11 is 0. The second-order valence-electron chi connectivity index (χ2n) is 5.52.